The normalized spacial score (nSPS) is 31.6. The van der Waals surface area contributed by atoms with Crippen molar-refractivity contribution >= 4 is 11.5 Å². The third-order valence-electron chi connectivity index (χ3n) is 7.97. The van der Waals surface area contributed by atoms with Crippen LogP contribution < -0.4 is 0 Å². The van der Waals surface area contributed by atoms with Crippen LogP contribution in [0.15, 0.2) is 30.3 Å². The Morgan fingerprint density at radius 3 is 2.59 bits per heavy atom. The van der Waals surface area contributed by atoms with Gasteiger partial charge in [0.25, 0.3) is 5.91 Å². The summed E-state index contributed by atoms with van der Waals surface area (Å²) in [4.78, 5) is 17.3. The van der Waals surface area contributed by atoms with Crippen LogP contribution in [0, 0.1) is 11.8 Å². The molecule has 3 heteroatoms. The van der Waals surface area contributed by atoms with Gasteiger partial charge < -0.3 is 9.80 Å². The van der Waals surface area contributed by atoms with E-state index in [9.17, 15) is 4.79 Å². The number of hydrogen-bond donors (Lipinski definition) is 0. The summed E-state index contributed by atoms with van der Waals surface area (Å²) in [7, 11) is 3.72. The second-order valence-electron chi connectivity index (χ2n) is 9.58. The molecule has 144 valence electrons. The standard InChI is InChI=1S/C24H32N2O/c1-25(2)23(27)20-16-24(21-6-4-3-5-19(20)21)11-13-26(14-12-24)22-10-8-17-7-9-18(22)15-17/h3-6,16-18,22H,7-15H2,1-2H3/t17-,18+,22?/m0/s1. The molecule has 1 amide bonds. The van der Waals surface area contributed by atoms with Crippen molar-refractivity contribution in [2.75, 3.05) is 27.2 Å². The first kappa shape index (κ1) is 17.5. The van der Waals surface area contributed by atoms with E-state index in [4.69, 9.17) is 0 Å². The van der Waals surface area contributed by atoms with Gasteiger partial charge >= 0.3 is 0 Å². The third kappa shape index (κ3) is 2.77. The van der Waals surface area contributed by atoms with Crippen LogP contribution in [0.4, 0.5) is 0 Å². The van der Waals surface area contributed by atoms with Crippen LogP contribution >= 0.6 is 0 Å². The van der Waals surface area contributed by atoms with E-state index in [0.29, 0.717) is 0 Å². The van der Waals surface area contributed by atoms with Crippen molar-refractivity contribution in [2.45, 2.75) is 56.4 Å². The Balaban J connectivity index is 1.39. The minimum Gasteiger partial charge on any atom is -0.345 e. The maximum absolute atomic E-state index is 12.8. The van der Waals surface area contributed by atoms with Crippen molar-refractivity contribution < 1.29 is 4.79 Å². The van der Waals surface area contributed by atoms with Crippen LogP contribution in [0.3, 0.4) is 0 Å². The van der Waals surface area contributed by atoms with Gasteiger partial charge in [0.05, 0.1) is 0 Å². The summed E-state index contributed by atoms with van der Waals surface area (Å²) in [5.41, 5.74) is 3.54. The van der Waals surface area contributed by atoms with Crippen LogP contribution in [0.25, 0.3) is 5.57 Å². The largest absolute Gasteiger partial charge is 0.345 e. The molecular weight excluding hydrogens is 332 g/mol. The number of likely N-dealkylation sites (tertiary alicyclic amines) is 1. The van der Waals surface area contributed by atoms with Gasteiger partial charge in [-0.2, -0.15) is 0 Å². The van der Waals surface area contributed by atoms with E-state index in [1.165, 1.54) is 56.3 Å². The molecule has 2 bridgehead atoms. The molecule has 1 heterocycles. The van der Waals surface area contributed by atoms with Crippen molar-refractivity contribution in [1.82, 2.24) is 9.80 Å². The van der Waals surface area contributed by atoms with Gasteiger partial charge in [-0.1, -0.05) is 36.8 Å². The number of allylic oxidation sites excluding steroid dienone is 1. The van der Waals surface area contributed by atoms with Crippen molar-refractivity contribution in [1.29, 1.82) is 0 Å². The average molecular weight is 365 g/mol. The van der Waals surface area contributed by atoms with E-state index in [1.807, 2.05) is 14.1 Å². The van der Waals surface area contributed by atoms with Crippen molar-refractivity contribution in [3.8, 4) is 0 Å². The summed E-state index contributed by atoms with van der Waals surface area (Å²) in [6.45, 7) is 2.36. The molecule has 1 unspecified atom stereocenters. The number of benzene rings is 1. The van der Waals surface area contributed by atoms with Gasteiger partial charge in [0.2, 0.25) is 0 Å². The Kier molecular flexibility index (Phi) is 4.19. The molecule has 27 heavy (non-hydrogen) atoms. The maximum atomic E-state index is 12.8. The molecule has 1 saturated heterocycles. The zero-order chi connectivity index (χ0) is 18.6. The van der Waals surface area contributed by atoms with Crippen LogP contribution in [0.5, 0.6) is 0 Å². The van der Waals surface area contributed by atoms with E-state index in [0.717, 1.165) is 36.3 Å². The first-order valence-corrected chi connectivity index (χ1v) is 10.9. The van der Waals surface area contributed by atoms with Gasteiger partial charge in [0.1, 0.15) is 0 Å². The lowest BCUT2D eigenvalue weighted by Gasteiger charge is -2.45. The zero-order valence-electron chi connectivity index (χ0n) is 16.8. The molecule has 1 spiro atoms. The number of fused-ring (bicyclic) bond motifs is 4. The number of amides is 1. The van der Waals surface area contributed by atoms with E-state index < -0.39 is 0 Å². The lowest BCUT2D eigenvalue weighted by Crippen LogP contribution is -2.49. The molecule has 2 saturated carbocycles. The van der Waals surface area contributed by atoms with Crippen LogP contribution in [0.1, 0.15) is 56.1 Å². The predicted octanol–water partition coefficient (Wildman–Crippen LogP) is 4.08. The van der Waals surface area contributed by atoms with Crippen LogP contribution in [-0.4, -0.2) is 48.9 Å². The van der Waals surface area contributed by atoms with Crippen LogP contribution in [0.2, 0.25) is 0 Å². The Morgan fingerprint density at radius 1 is 1.07 bits per heavy atom. The first-order valence-electron chi connectivity index (χ1n) is 10.9. The van der Waals surface area contributed by atoms with Gasteiger partial charge in [0.15, 0.2) is 0 Å². The predicted molar refractivity (Wildman–Crippen MR) is 109 cm³/mol. The number of hydrogen-bond acceptors (Lipinski definition) is 2. The fraction of sp³-hybridized carbons (Fsp3) is 0.625. The van der Waals surface area contributed by atoms with Crippen LogP contribution in [-0.2, 0) is 10.2 Å². The summed E-state index contributed by atoms with van der Waals surface area (Å²) in [6.07, 6.45) is 11.9. The molecule has 5 rings (SSSR count). The lowest BCUT2D eigenvalue weighted by molar-refractivity contribution is -0.122. The Bertz CT molecular complexity index is 772. The Morgan fingerprint density at radius 2 is 1.81 bits per heavy atom. The molecule has 3 fully saturated rings. The number of likely N-dealkylation sites (N-methyl/N-ethyl adjacent to an activating group) is 1. The second-order valence-corrected chi connectivity index (χ2v) is 9.58. The van der Waals surface area contributed by atoms with Crippen molar-refractivity contribution in [3.63, 3.8) is 0 Å². The SMILES string of the molecule is CN(C)C(=O)C1=CC2(CCN(C3CC[C@@H]4CC[C@@H]3C4)CC2)c2ccccc21. The minimum atomic E-state index is 0.0704. The number of rotatable bonds is 2. The molecule has 4 aliphatic rings. The van der Waals surface area contributed by atoms with E-state index in [1.54, 1.807) is 4.90 Å². The molecule has 0 radical (unpaired) electrons. The highest BCUT2D eigenvalue weighted by atomic mass is 16.2. The van der Waals surface area contributed by atoms with Gasteiger partial charge in [-0.3, -0.25) is 4.79 Å². The second kappa shape index (κ2) is 6.48. The Hall–Kier alpha value is -1.61. The van der Waals surface area contributed by atoms with E-state index in [2.05, 4.69) is 35.2 Å². The topological polar surface area (TPSA) is 23.6 Å². The summed E-state index contributed by atoms with van der Waals surface area (Å²) in [5.74, 6) is 2.13. The molecule has 0 N–H and O–H groups in total. The molecule has 3 atom stereocenters. The fourth-order valence-corrected chi connectivity index (χ4v) is 6.52. The van der Waals surface area contributed by atoms with Gasteiger partial charge in [0, 0.05) is 31.1 Å². The summed E-state index contributed by atoms with van der Waals surface area (Å²) >= 11 is 0. The maximum Gasteiger partial charge on any atom is 0.253 e. The number of carbonyl (C=O) groups is 1. The smallest absolute Gasteiger partial charge is 0.253 e. The highest BCUT2D eigenvalue weighted by Gasteiger charge is 2.45. The highest BCUT2D eigenvalue weighted by molar-refractivity contribution is 6.21. The van der Waals surface area contributed by atoms with Gasteiger partial charge in [-0.05, 0) is 74.6 Å². The van der Waals surface area contributed by atoms with Crippen molar-refractivity contribution in [2.24, 2.45) is 11.8 Å². The van der Waals surface area contributed by atoms with Gasteiger partial charge in [-0.25, -0.2) is 0 Å². The summed E-state index contributed by atoms with van der Waals surface area (Å²) in [5, 5.41) is 0. The fourth-order valence-electron chi connectivity index (χ4n) is 6.52. The average Bonchev–Trinajstić information content (AvgIpc) is 3.22. The zero-order valence-corrected chi connectivity index (χ0v) is 16.8. The molecule has 1 aliphatic heterocycles. The summed E-state index contributed by atoms with van der Waals surface area (Å²) < 4.78 is 0. The monoisotopic (exact) mass is 364 g/mol. The highest BCUT2D eigenvalue weighted by Crippen LogP contribution is 2.49. The Labute approximate surface area is 163 Å². The quantitative estimate of drug-likeness (QED) is 0.789. The molecule has 0 aromatic heterocycles. The molecule has 3 aliphatic carbocycles. The van der Waals surface area contributed by atoms with Gasteiger partial charge in [-0.15, -0.1) is 0 Å². The van der Waals surface area contributed by atoms with Crippen molar-refractivity contribution in [3.05, 3.63) is 41.5 Å². The first-order chi connectivity index (χ1) is 13.1. The lowest BCUT2D eigenvalue weighted by atomic mass is 9.73. The molecular formula is C24H32N2O. The molecule has 3 nitrogen and oxygen atoms in total. The minimum absolute atomic E-state index is 0.0704. The number of piperidine rings is 1. The molecule has 1 aromatic carbocycles. The summed E-state index contributed by atoms with van der Waals surface area (Å²) in [6, 6.07) is 9.44. The third-order valence-corrected chi connectivity index (χ3v) is 7.97. The van der Waals surface area contributed by atoms with E-state index in [-0.39, 0.29) is 11.3 Å². The number of carbonyl (C=O) groups excluding carboxylic acids is 1. The number of nitrogens with zero attached hydrogens (tertiary/aromatic N) is 2. The van der Waals surface area contributed by atoms with E-state index >= 15 is 0 Å². The molecule has 1 aromatic rings.